The molecule has 0 saturated heterocycles. The largest absolute Gasteiger partial charge is 0.490 e. The van der Waals surface area contributed by atoms with Crippen LogP contribution in [0.2, 0.25) is 5.02 Å². The molecule has 1 aromatic heterocycles. The highest BCUT2D eigenvalue weighted by atomic mass is 35.5. The van der Waals surface area contributed by atoms with Gasteiger partial charge in [0.25, 0.3) is 0 Å². The first-order chi connectivity index (χ1) is 16.9. The predicted molar refractivity (Wildman–Crippen MR) is 140 cm³/mol. The van der Waals surface area contributed by atoms with Crippen molar-refractivity contribution in [2.75, 3.05) is 6.61 Å². The average molecular weight is 593 g/mol. The molecule has 4 N–H and O–H groups in total. The fraction of sp³-hybridized carbons (Fsp3) is 0.318. The van der Waals surface area contributed by atoms with E-state index in [9.17, 15) is 14.2 Å². The van der Waals surface area contributed by atoms with Gasteiger partial charge in [-0.15, -0.1) is 22.6 Å². The number of nitrogens with two attached hydrogens (primary N) is 1. The lowest BCUT2D eigenvalue weighted by atomic mass is 10.1. The van der Waals surface area contributed by atoms with Gasteiger partial charge in [-0.1, -0.05) is 22.9 Å². The molecule has 0 aliphatic heterocycles. The molecule has 37 heavy (non-hydrogen) atoms. The summed E-state index contributed by atoms with van der Waals surface area (Å²) in [6.45, 7) is 4.80. The Morgan fingerprint density at radius 1 is 1.19 bits per heavy atom. The molecule has 200 valence electrons. The first-order valence-corrected chi connectivity index (χ1v) is 13.3. The zero-order chi connectivity index (χ0) is 26.6. The molecule has 2 atom stereocenters. The predicted octanol–water partition coefficient (Wildman–Crippen LogP) is 4.95. The minimum Gasteiger partial charge on any atom is -0.490 e. The number of hydrogen-bond acceptors (Lipinski definition) is 9. The Labute approximate surface area is 227 Å². The summed E-state index contributed by atoms with van der Waals surface area (Å²) in [5.74, 6) is -0.486. The normalized spacial score (nSPS) is 13.0. The van der Waals surface area contributed by atoms with Crippen LogP contribution in [0.1, 0.15) is 26.3 Å². The average Bonchev–Trinajstić information content (AvgIpc) is 3.27. The quantitative estimate of drug-likeness (QED) is 0.275. The summed E-state index contributed by atoms with van der Waals surface area (Å²) in [6, 6.07) is 8.62. The summed E-state index contributed by atoms with van der Waals surface area (Å²) in [6.07, 6.45) is -1.14. The maximum atomic E-state index is 14.7. The minimum absolute atomic E-state index is 0. The molecule has 0 spiro atoms. The molecule has 1 heterocycles. The number of phosphoric ester groups is 1. The molecule has 0 amide bonds. The van der Waals surface area contributed by atoms with E-state index in [4.69, 9.17) is 36.6 Å². The van der Waals surface area contributed by atoms with E-state index in [1.54, 1.807) is 18.2 Å². The van der Waals surface area contributed by atoms with Crippen LogP contribution in [0.5, 0.6) is 11.5 Å². The second-order valence-electron chi connectivity index (χ2n) is 7.94. The summed E-state index contributed by atoms with van der Waals surface area (Å²) in [5, 5.41) is 18.7. The fourth-order valence-electron chi connectivity index (χ4n) is 2.98. The zero-order valence-electron chi connectivity index (χ0n) is 19.8. The third-order valence-corrected chi connectivity index (χ3v) is 6.65. The molecular formula is C22H24Cl2FN4O6PS. The third kappa shape index (κ3) is 8.33. The number of ether oxygens (including phenoxy) is 2. The van der Waals surface area contributed by atoms with Crippen molar-refractivity contribution in [1.29, 1.82) is 5.26 Å². The maximum absolute atomic E-state index is 14.7. The van der Waals surface area contributed by atoms with Gasteiger partial charge in [0.2, 0.25) is 0 Å². The molecule has 0 aliphatic carbocycles. The lowest BCUT2D eigenvalue weighted by Gasteiger charge is -2.21. The Morgan fingerprint density at radius 2 is 1.86 bits per heavy atom. The van der Waals surface area contributed by atoms with Crippen molar-refractivity contribution in [3.63, 3.8) is 0 Å². The van der Waals surface area contributed by atoms with Gasteiger partial charge in [-0.3, -0.25) is 4.52 Å². The molecule has 0 aliphatic rings. The molecule has 3 rings (SSSR count). The van der Waals surface area contributed by atoms with E-state index in [2.05, 4.69) is 20.8 Å². The van der Waals surface area contributed by atoms with Crippen LogP contribution in [-0.2, 0) is 9.09 Å². The molecular weight excluding hydrogens is 569 g/mol. The van der Waals surface area contributed by atoms with Gasteiger partial charge in [-0.2, -0.15) is 5.26 Å². The number of aromatic nitrogens is 2. The van der Waals surface area contributed by atoms with Crippen molar-refractivity contribution >= 4 is 43.2 Å². The first-order valence-electron chi connectivity index (χ1n) is 10.5. The Hall–Kier alpha value is -2.33. The molecule has 2 aromatic carbocycles. The van der Waals surface area contributed by atoms with Crippen molar-refractivity contribution in [1.82, 2.24) is 10.2 Å². The Kier molecular flexibility index (Phi) is 10.8. The highest BCUT2D eigenvalue weighted by Gasteiger charge is 2.25. The van der Waals surface area contributed by atoms with E-state index in [0.29, 0.717) is 26.9 Å². The van der Waals surface area contributed by atoms with Crippen molar-refractivity contribution in [3.8, 4) is 38.7 Å². The smallest absolute Gasteiger partial charge is 0.469 e. The monoisotopic (exact) mass is 592 g/mol. The van der Waals surface area contributed by atoms with Crippen LogP contribution >= 0.6 is 43.2 Å². The Balaban J connectivity index is 0.00000481. The van der Waals surface area contributed by atoms with Crippen molar-refractivity contribution in [2.45, 2.75) is 39.0 Å². The van der Waals surface area contributed by atoms with E-state index in [-0.39, 0.29) is 41.5 Å². The SMILES string of the molecule is CC(C)Oc1ccc(-c2nnc(-c3cc(F)c(OC[C@@H](N)[C@@H](C)OP(=O)(O)O)cc3Cl)s2)cc1C#N.Cl. The van der Waals surface area contributed by atoms with E-state index in [1.165, 1.54) is 13.0 Å². The van der Waals surface area contributed by atoms with Crippen LogP contribution < -0.4 is 15.2 Å². The van der Waals surface area contributed by atoms with Crippen LogP contribution in [0.4, 0.5) is 4.39 Å². The molecule has 0 saturated carbocycles. The second kappa shape index (κ2) is 13.0. The highest BCUT2D eigenvalue weighted by Crippen LogP contribution is 2.39. The lowest BCUT2D eigenvalue weighted by molar-refractivity contribution is 0.106. The zero-order valence-corrected chi connectivity index (χ0v) is 23.1. The number of hydrogen-bond donors (Lipinski definition) is 3. The van der Waals surface area contributed by atoms with E-state index in [0.717, 1.165) is 17.4 Å². The summed E-state index contributed by atoms with van der Waals surface area (Å²) < 4.78 is 41.2. The molecule has 0 radical (unpaired) electrons. The molecule has 0 fully saturated rings. The molecule has 0 bridgehead atoms. The first kappa shape index (κ1) is 30.9. The van der Waals surface area contributed by atoms with Crippen molar-refractivity contribution in [3.05, 3.63) is 46.7 Å². The summed E-state index contributed by atoms with van der Waals surface area (Å²) in [4.78, 5) is 17.7. The number of phosphoric acid groups is 1. The molecule has 10 nitrogen and oxygen atoms in total. The van der Waals surface area contributed by atoms with Gasteiger partial charge in [0, 0.05) is 17.2 Å². The standard InChI is InChI=1S/C22H23ClFN4O6PS.ClH/c1-11(2)33-19-5-4-13(6-14(19)9-25)21-27-28-22(36-21)15-7-17(24)20(8-16(15)23)32-10-18(26)12(3)34-35(29,30)31;/h4-8,11-12,18H,10,26H2,1-3H3,(H2,29,30,31);1H/t12-,18-;/m1./s1. The Bertz CT molecular complexity index is 1330. The lowest BCUT2D eigenvalue weighted by Crippen LogP contribution is -2.39. The number of nitriles is 1. The van der Waals surface area contributed by atoms with Crippen LogP contribution in [0.15, 0.2) is 30.3 Å². The number of benzene rings is 2. The summed E-state index contributed by atoms with van der Waals surface area (Å²) in [7, 11) is -4.73. The number of nitrogens with zero attached hydrogens (tertiary/aromatic N) is 3. The van der Waals surface area contributed by atoms with Gasteiger partial charge in [0.15, 0.2) is 11.6 Å². The van der Waals surface area contributed by atoms with Gasteiger partial charge < -0.3 is 25.0 Å². The molecule has 3 aromatic rings. The van der Waals surface area contributed by atoms with E-state index in [1.807, 2.05) is 13.8 Å². The second-order valence-corrected chi connectivity index (χ2v) is 10.5. The number of halogens is 3. The Morgan fingerprint density at radius 3 is 2.49 bits per heavy atom. The van der Waals surface area contributed by atoms with Crippen molar-refractivity contribution < 1.29 is 32.7 Å². The van der Waals surface area contributed by atoms with Gasteiger partial charge in [0.05, 0.1) is 28.8 Å². The van der Waals surface area contributed by atoms with Gasteiger partial charge in [-0.05, 0) is 45.0 Å². The van der Waals surface area contributed by atoms with E-state index < -0.39 is 25.8 Å². The summed E-state index contributed by atoms with van der Waals surface area (Å²) in [5.41, 5.74) is 7.08. The number of rotatable bonds is 10. The van der Waals surface area contributed by atoms with Gasteiger partial charge >= 0.3 is 7.82 Å². The highest BCUT2D eigenvalue weighted by molar-refractivity contribution is 7.46. The fourth-order valence-corrected chi connectivity index (χ4v) is 4.73. The van der Waals surface area contributed by atoms with Crippen LogP contribution in [-0.4, -0.2) is 44.8 Å². The molecule has 0 unspecified atom stereocenters. The van der Waals surface area contributed by atoms with Crippen LogP contribution in [0, 0.1) is 17.1 Å². The van der Waals surface area contributed by atoms with E-state index >= 15 is 0 Å². The minimum atomic E-state index is -4.73. The summed E-state index contributed by atoms with van der Waals surface area (Å²) >= 11 is 7.51. The van der Waals surface area contributed by atoms with Gasteiger partial charge in [0.1, 0.15) is 28.4 Å². The third-order valence-electron chi connectivity index (χ3n) is 4.72. The topological polar surface area (TPSA) is 161 Å². The maximum Gasteiger partial charge on any atom is 0.469 e. The van der Waals surface area contributed by atoms with Gasteiger partial charge in [-0.25, -0.2) is 8.96 Å². The molecule has 15 heteroatoms. The van der Waals surface area contributed by atoms with Crippen molar-refractivity contribution in [2.24, 2.45) is 5.73 Å². The van der Waals surface area contributed by atoms with Crippen LogP contribution in [0.3, 0.4) is 0 Å². The van der Waals surface area contributed by atoms with Crippen LogP contribution in [0.25, 0.3) is 21.1 Å².